The van der Waals surface area contributed by atoms with E-state index in [0.717, 1.165) is 15.4 Å². The summed E-state index contributed by atoms with van der Waals surface area (Å²) in [5.41, 5.74) is 2.25. The van der Waals surface area contributed by atoms with E-state index in [1.165, 1.54) is 17.0 Å². The van der Waals surface area contributed by atoms with Crippen LogP contribution in [0.5, 0.6) is 0 Å². The lowest BCUT2D eigenvalue weighted by atomic mass is 10.1. The molecule has 0 aromatic heterocycles. The number of aryl methyl sites for hydroxylation is 1. The molecule has 1 unspecified atom stereocenters. The lowest BCUT2D eigenvalue weighted by Gasteiger charge is -2.32. The molecule has 1 N–H and O–H groups in total. The normalized spacial score (nSPS) is 12.0. The third-order valence-electron chi connectivity index (χ3n) is 5.61. The van der Waals surface area contributed by atoms with Crippen LogP contribution in [-0.2, 0) is 26.2 Å². The molecule has 0 aliphatic rings. The smallest absolute Gasteiger partial charge is 0.264 e. The van der Waals surface area contributed by atoms with Gasteiger partial charge in [-0.25, -0.2) is 8.42 Å². The van der Waals surface area contributed by atoms with Crippen molar-refractivity contribution >= 4 is 27.5 Å². The summed E-state index contributed by atoms with van der Waals surface area (Å²) in [6, 6.07) is 23.4. The van der Waals surface area contributed by atoms with Gasteiger partial charge in [0.15, 0.2) is 0 Å². The SMILES string of the molecule is CCNC(=O)C(C)N(Cc1cccc(C)c1)C(=O)CN(c1ccccc1)S(=O)(=O)c1ccccc1. The number of para-hydroxylation sites is 1. The Kier molecular flexibility index (Phi) is 8.65. The van der Waals surface area contributed by atoms with Crippen molar-refractivity contribution in [3.63, 3.8) is 0 Å². The number of anilines is 1. The first-order valence-corrected chi connectivity index (χ1v) is 12.9. The minimum absolute atomic E-state index is 0.0821. The van der Waals surface area contributed by atoms with E-state index in [0.29, 0.717) is 12.2 Å². The first-order valence-electron chi connectivity index (χ1n) is 11.5. The highest BCUT2D eigenvalue weighted by molar-refractivity contribution is 7.92. The van der Waals surface area contributed by atoms with Crippen molar-refractivity contribution in [1.29, 1.82) is 0 Å². The number of nitrogens with zero attached hydrogens (tertiary/aromatic N) is 2. The lowest BCUT2D eigenvalue weighted by molar-refractivity contribution is -0.139. The van der Waals surface area contributed by atoms with E-state index in [-0.39, 0.29) is 17.3 Å². The Morgan fingerprint density at radius 1 is 0.914 bits per heavy atom. The maximum absolute atomic E-state index is 13.7. The summed E-state index contributed by atoms with van der Waals surface area (Å²) in [4.78, 5) is 27.9. The molecule has 7 nitrogen and oxygen atoms in total. The number of sulfonamides is 1. The zero-order valence-corrected chi connectivity index (χ0v) is 21.0. The molecule has 0 radical (unpaired) electrons. The average Bonchev–Trinajstić information content (AvgIpc) is 2.86. The molecule has 0 spiro atoms. The number of amides is 2. The van der Waals surface area contributed by atoms with Crippen LogP contribution in [0.15, 0.2) is 89.8 Å². The fourth-order valence-electron chi connectivity index (χ4n) is 3.75. The van der Waals surface area contributed by atoms with Crippen molar-refractivity contribution in [2.45, 2.75) is 38.3 Å². The Bertz CT molecular complexity index is 1250. The van der Waals surface area contributed by atoms with E-state index in [4.69, 9.17) is 0 Å². The molecule has 35 heavy (non-hydrogen) atoms. The number of carbonyl (C=O) groups excluding carboxylic acids is 2. The molecular formula is C27H31N3O4S. The van der Waals surface area contributed by atoms with Crippen molar-refractivity contribution in [3.05, 3.63) is 96.1 Å². The highest BCUT2D eigenvalue weighted by Gasteiger charge is 2.32. The van der Waals surface area contributed by atoms with Crippen molar-refractivity contribution in [1.82, 2.24) is 10.2 Å². The van der Waals surface area contributed by atoms with E-state index in [2.05, 4.69) is 5.32 Å². The maximum atomic E-state index is 13.7. The molecule has 0 saturated carbocycles. The number of nitrogens with one attached hydrogen (secondary N) is 1. The van der Waals surface area contributed by atoms with Gasteiger partial charge in [0, 0.05) is 13.1 Å². The molecule has 3 aromatic carbocycles. The maximum Gasteiger partial charge on any atom is 0.264 e. The first-order chi connectivity index (χ1) is 16.7. The van der Waals surface area contributed by atoms with Crippen LogP contribution in [0.2, 0.25) is 0 Å². The Balaban J connectivity index is 1.99. The standard InChI is InChI=1S/C27H31N3O4S/c1-4-28-27(32)22(3)29(19-23-13-11-12-21(2)18-23)26(31)20-30(24-14-7-5-8-15-24)35(33,34)25-16-9-6-10-17-25/h5-18,22H,4,19-20H2,1-3H3,(H,28,32). The molecule has 2 amide bonds. The molecule has 0 saturated heterocycles. The third-order valence-corrected chi connectivity index (χ3v) is 7.40. The summed E-state index contributed by atoms with van der Waals surface area (Å²) in [5.74, 6) is -0.778. The van der Waals surface area contributed by atoms with Crippen molar-refractivity contribution in [2.75, 3.05) is 17.4 Å². The van der Waals surface area contributed by atoms with Crippen LogP contribution in [0.3, 0.4) is 0 Å². The zero-order chi connectivity index (χ0) is 25.4. The Labute approximate surface area is 207 Å². The van der Waals surface area contributed by atoms with Gasteiger partial charge >= 0.3 is 0 Å². The van der Waals surface area contributed by atoms with Crippen LogP contribution < -0.4 is 9.62 Å². The summed E-state index contributed by atoms with van der Waals surface area (Å²) >= 11 is 0. The van der Waals surface area contributed by atoms with E-state index < -0.39 is 28.5 Å². The van der Waals surface area contributed by atoms with Gasteiger partial charge in [0.2, 0.25) is 11.8 Å². The molecule has 0 bridgehead atoms. The van der Waals surface area contributed by atoms with Gasteiger partial charge in [-0.1, -0.05) is 66.2 Å². The van der Waals surface area contributed by atoms with Gasteiger partial charge in [0.1, 0.15) is 12.6 Å². The number of hydrogen-bond acceptors (Lipinski definition) is 4. The quantitative estimate of drug-likeness (QED) is 0.466. The minimum atomic E-state index is -4.03. The summed E-state index contributed by atoms with van der Waals surface area (Å²) < 4.78 is 28.2. The second-order valence-electron chi connectivity index (χ2n) is 8.24. The van der Waals surface area contributed by atoms with Crippen LogP contribution in [-0.4, -0.2) is 44.3 Å². The number of likely N-dealkylation sites (N-methyl/N-ethyl adjacent to an activating group) is 1. The van der Waals surface area contributed by atoms with E-state index in [1.807, 2.05) is 31.2 Å². The summed E-state index contributed by atoms with van der Waals surface area (Å²) in [6.45, 7) is 5.56. The van der Waals surface area contributed by atoms with Crippen molar-refractivity contribution in [3.8, 4) is 0 Å². The fourth-order valence-corrected chi connectivity index (χ4v) is 5.19. The zero-order valence-electron chi connectivity index (χ0n) is 20.2. The Morgan fingerprint density at radius 3 is 2.14 bits per heavy atom. The van der Waals surface area contributed by atoms with Crippen LogP contribution >= 0.6 is 0 Å². The summed E-state index contributed by atoms with van der Waals surface area (Å²) in [7, 11) is -4.03. The van der Waals surface area contributed by atoms with Gasteiger partial charge in [0.25, 0.3) is 10.0 Å². The highest BCUT2D eigenvalue weighted by atomic mass is 32.2. The van der Waals surface area contributed by atoms with Crippen LogP contribution in [0, 0.1) is 6.92 Å². The van der Waals surface area contributed by atoms with Gasteiger partial charge in [-0.3, -0.25) is 13.9 Å². The molecule has 0 aliphatic carbocycles. The molecule has 3 rings (SSSR count). The van der Waals surface area contributed by atoms with Crippen LogP contribution in [0.25, 0.3) is 0 Å². The van der Waals surface area contributed by atoms with Gasteiger partial charge in [-0.15, -0.1) is 0 Å². The predicted molar refractivity (Wildman–Crippen MR) is 137 cm³/mol. The van der Waals surface area contributed by atoms with E-state index in [1.54, 1.807) is 62.4 Å². The van der Waals surface area contributed by atoms with Crippen molar-refractivity contribution in [2.24, 2.45) is 0 Å². The molecule has 0 fully saturated rings. The first kappa shape index (κ1) is 26.0. The second kappa shape index (κ2) is 11.7. The number of carbonyl (C=O) groups is 2. The summed E-state index contributed by atoms with van der Waals surface area (Å²) in [6.07, 6.45) is 0. The topological polar surface area (TPSA) is 86.8 Å². The average molecular weight is 494 g/mol. The molecular weight excluding hydrogens is 462 g/mol. The molecule has 0 aliphatic heterocycles. The molecule has 8 heteroatoms. The largest absolute Gasteiger partial charge is 0.355 e. The summed E-state index contributed by atoms with van der Waals surface area (Å²) in [5, 5.41) is 2.75. The Morgan fingerprint density at radius 2 is 1.54 bits per heavy atom. The Hall–Kier alpha value is -3.65. The van der Waals surface area contributed by atoms with Gasteiger partial charge in [0.05, 0.1) is 10.6 Å². The lowest BCUT2D eigenvalue weighted by Crippen LogP contribution is -2.51. The fraction of sp³-hybridized carbons (Fsp3) is 0.259. The highest BCUT2D eigenvalue weighted by Crippen LogP contribution is 2.24. The van der Waals surface area contributed by atoms with Crippen molar-refractivity contribution < 1.29 is 18.0 Å². The second-order valence-corrected chi connectivity index (χ2v) is 10.1. The van der Waals surface area contributed by atoms with E-state index in [9.17, 15) is 18.0 Å². The van der Waals surface area contributed by atoms with Crippen LogP contribution in [0.4, 0.5) is 5.69 Å². The molecule has 1 atom stereocenters. The third kappa shape index (κ3) is 6.48. The molecule has 0 heterocycles. The number of benzene rings is 3. The molecule has 184 valence electrons. The van der Waals surface area contributed by atoms with E-state index >= 15 is 0 Å². The van der Waals surface area contributed by atoms with Gasteiger partial charge in [-0.2, -0.15) is 0 Å². The van der Waals surface area contributed by atoms with Gasteiger partial charge in [-0.05, 0) is 50.6 Å². The monoisotopic (exact) mass is 493 g/mol. The molecule has 3 aromatic rings. The minimum Gasteiger partial charge on any atom is -0.355 e. The predicted octanol–water partition coefficient (Wildman–Crippen LogP) is 3.74. The number of rotatable bonds is 10. The van der Waals surface area contributed by atoms with Crippen LogP contribution in [0.1, 0.15) is 25.0 Å². The van der Waals surface area contributed by atoms with Gasteiger partial charge < -0.3 is 10.2 Å². The number of hydrogen-bond donors (Lipinski definition) is 1.